The molecule has 1 unspecified atom stereocenters. The number of benzene rings is 1. The fourth-order valence-corrected chi connectivity index (χ4v) is 1.75. The first-order valence-corrected chi connectivity index (χ1v) is 6.81. The molecule has 1 rings (SSSR count). The molecule has 0 aliphatic carbocycles. The van der Waals surface area contributed by atoms with Gasteiger partial charge in [0.1, 0.15) is 11.4 Å². The summed E-state index contributed by atoms with van der Waals surface area (Å²) in [5, 5.41) is 0. The Kier molecular flexibility index (Phi) is 5.18. The molecule has 0 saturated carbocycles. The highest BCUT2D eigenvalue weighted by atomic mass is 28.2. The maximum atomic E-state index is 5.95. The van der Waals surface area contributed by atoms with Crippen LogP contribution in [0.3, 0.4) is 0 Å². The highest BCUT2D eigenvalue weighted by Gasteiger charge is 2.24. The summed E-state index contributed by atoms with van der Waals surface area (Å²) >= 11 is 0. The SMILES string of the molecule is CC(C)(C)Oc1ccccc1C(O[Si])OC(C)(C)C. The molecule has 0 amide bonds. The highest BCUT2D eigenvalue weighted by Crippen LogP contribution is 2.32. The standard InChI is InChI=1S/C15H23O3Si/c1-14(2,3)16-12-10-8-7-9-11(12)13(18-19)17-15(4,5)6/h7-10,13H,1-6H3. The number of hydrogen-bond acceptors (Lipinski definition) is 3. The molecule has 4 heteroatoms. The molecule has 0 aliphatic rings. The van der Waals surface area contributed by atoms with E-state index in [1.807, 2.05) is 65.8 Å². The summed E-state index contributed by atoms with van der Waals surface area (Å²) in [6.45, 7) is 12.0. The van der Waals surface area contributed by atoms with Crippen LogP contribution < -0.4 is 4.74 Å². The quantitative estimate of drug-likeness (QED) is 0.620. The average Bonchev–Trinajstić information content (AvgIpc) is 2.23. The van der Waals surface area contributed by atoms with Gasteiger partial charge in [-0.3, -0.25) is 0 Å². The summed E-state index contributed by atoms with van der Waals surface area (Å²) in [5.74, 6) is 0.766. The van der Waals surface area contributed by atoms with Gasteiger partial charge in [0, 0.05) is 5.56 Å². The van der Waals surface area contributed by atoms with Crippen LogP contribution in [0.25, 0.3) is 0 Å². The average molecular weight is 279 g/mol. The second-order valence-electron chi connectivity index (χ2n) is 6.43. The normalized spacial score (nSPS) is 14.3. The van der Waals surface area contributed by atoms with E-state index in [-0.39, 0.29) is 11.2 Å². The van der Waals surface area contributed by atoms with Crippen molar-refractivity contribution >= 4 is 10.5 Å². The van der Waals surface area contributed by atoms with Gasteiger partial charge in [-0.05, 0) is 47.6 Å². The third-order valence-electron chi connectivity index (χ3n) is 2.16. The summed E-state index contributed by atoms with van der Waals surface area (Å²) in [6, 6.07) is 7.74. The molecule has 3 radical (unpaired) electrons. The van der Waals surface area contributed by atoms with E-state index in [2.05, 4.69) is 10.5 Å². The van der Waals surface area contributed by atoms with E-state index in [4.69, 9.17) is 13.9 Å². The van der Waals surface area contributed by atoms with Crippen molar-refractivity contribution in [3.8, 4) is 5.75 Å². The summed E-state index contributed by atoms with van der Waals surface area (Å²) in [7, 11) is 3.09. The van der Waals surface area contributed by atoms with Crippen molar-refractivity contribution in [1.29, 1.82) is 0 Å². The summed E-state index contributed by atoms with van der Waals surface area (Å²) in [4.78, 5) is 0. The van der Waals surface area contributed by atoms with Crippen LogP contribution in [-0.4, -0.2) is 21.7 Å². The first-order chi connectivity index (χ1) is 8.62. The molecule has 0 aliphatic heterocycles. The molecule has 1 atom stereocenters. The van der Waals surface area contributed by atoms with Crippen LogP contribution in [0.1, 0.15) is 53.4 Å². The molecule has 1 aromatic carbocycles. The largest absolute Gasteiger partial charge is 0.488 e. The van der Waals surface area contributed by atoms with Crippen molar-refractivity contribution in [1.82, 2.24) is 0 Å². The molecule has 19 heavy (non-hydrogen) atoms. The lowest BCUT2D eigenvalue weighted by atomic mass is 10.1. The molecule has 3 nitrogen and oxygen atoms in total. The maximum Gasteiger partial charge on any atom is 0.250 e. The van der Waals surface area contributed by atoms with E-state index in [0.717, 1.165) is 11.3 Å². The predicted octanol–water partition coefficient (Wildman–Crippen LogP) is 3.78. The molecule has 0 saturated heterocycles. The number of hydrogen-bond donors (Lipinski definition) is 0. The van der Waals surface area contributed by atoms with E-state index in [1.54, 1.807) is 0 Å². The summed E-state index contributed by atoms with van der Waals surface area (Å²) < 4.78 is 17.1. The molecule has 0 N–H and O–H groups in total. The van der Waals surface area contributed by atoms with Crippen molar-refractivity contribution in [2.24, 2.45) is 0 Å². The summed E-state index contributed by atoms with van der Waals surface area (Å²) in [5.41, 5.74) is 0.280. The Labute approximate surface area is 119 Å². The Bertz CT molecular complexity index is 405. The Hall–Kier alpha value is -0.843. The fourth-order valence-electron chi connectivity index (χ4n) is 1.57. The van der Waals surface area contributed by atoms with E-state index < -0.39 is 6.29 Å². The van der Waals surface area contributed by atoms with Gasteiger partial charge in [-0.15, -0.1) is 0 Å². The minimum atomic E-state index is -0.518. The molecule has 105 valence electrons. The van der Waals surface area contributed by atoms with Crippen LogP contribution in [0.5, 0.6) is 5.75 Å². The van der Waals surface area contributed by atoms with E-state index in [0.29, 0.717) is 0 Å². The molecule has 0 aromatic heterocycles. The lowest BCUT2D eigenvalue weighted by Crippen LogP contribution is -2.27. The third-order valence-corrected chi connectivity index (χ3v) is 2.37. The second-order valence-corrected chi connectivity index (χ2v) is 6.67. The minimum Gasteiger partial charge on any atom is -0.488 e. The van der Waals surface area contributed by atoms with Crippen LogP contribution in [0.15, 0.2) is 24.3 Å². The second kappa shape index (κ2) is 6.07. The predicted molar refractivity (Wildman–Crippen MR) is 77.2 cm³/mol. The van der Waals surface area contributed by atoms with Crippen LogP contribution in [-0.2, 0) is 9.16 Å². The lowest BCUT2D eigenvalue weighted by Gasteiger charge is -2.30. The van der Waals surface area contributed by atoms with Gasteiger partial charge in [0.15, 0.2) is 6.29 Å². The van der Waals surface area contributed by atoms with Crippen LogP contribution in [0, 0.1) is 0 Å². The van der Waals surface area contributed by atoms with Gasteiger partial charge in [-0.25, -0.2) is 0 Å². The number of rotatable bonds is 4. The monoisotopic (exact) mass is 279 g/mol. The molecule has 0 spiro atoms. The van der Waals surface area contributed by atoms with E-state index in [9.17, 15) is 0 Å². The summed E-state index contributed by atoms with van der Waals surface area (Å²) in [6.07, 6.45) is -0.518. The zero-order valence-corrected chi connectivity index (χ0v) is 13.6. The maximum absolute atomic E-state index is 5.95. The van der Waals surface area contributed by atoms with Crippen molar-refractivity contribution in [2.45, 2.75) is 59.0 Å². The van der Waals surface area contributed by atoms with Crippen molar-refractivity contribution in [2.75, 3.05) is 0 Å². The number of para-hydroxylation sites is 1. The van der Waals surface area contributed by atoms with Crippen LogP contribution in [0.4, 0.5) is 0 Å². The van der Waals surface area contributed by atoms with E-state index in [1.165, 1.54) is 0 Å². The van der Waals surface area contributed by atoms with Crippen molar-refractivity contribution in [3.05, 3.63) is 29.8 Å². The smallest absolute Gasteiger partial charge is 0.250 e. The molecule has 0 fully saturated rings. The Morgan fingerprint density at radius 1 is 0.947 bits per heavy atom. The Morgan fingerprint density at radius 2 is 1.53 bits per heavy atom. The minimum absolute atomic E-state index is 0.270. The van der Waals surface area contributed by atoms with Gasteiger partial charge in [0.2, 0.25) is 10.5 Å². The van der Waals surface area contributed by atoms with E-state index >= 15 is 0 Å². The topological polar surface area (TPSA) is 27.7 Å². The zero-order chi connectivity index (χ0) is 14.7. The fraction of sp³-hybridized carbons (Fsp3) is 0.600. The van der Waals surface area contributed by atoms with Crippen LogP contribution in [0.2, 0.25) is 0 Å². The van der Waals surface area contributed by atoms with Crippen molar-refractivity contribution in [3.63, 3.8) is 0 Å². The Morgan fingerprint density at radius 3 is 2.00 bits per heavy atom. The highest BCUT2D eigenvalue weighted by molar-refractivity contribution is 5.98. The van der Waals surface area contributed by atoms with Gasteiger partial charge in [0.25, 0.3) is 0 Å². The number of ether oxygens (including phenoxy) is 2. The third kappa shape index (κ3) is 5.76. The van der Waals surface area contributed by atoms with Crippen LogP contribution >= 0.6 is 0 Å². The molecular weight excluding hydrogens is 256 g/mol. The lowest BCUT2D eigenvalue weighted by molar-refractivity contribution is -0.154. The van der Waals surface area contributed by atoms with Gasteiger partial charge in [-0.2, -0.15) is 0 Å². The van der Waals surface area contributed by atoms with Gasteiger partial charge in [-0.1, -0.05) is 18.2 Å². The van der Waals surface area contributed by atoms with Crippen molar-refractivity contribution < 1.29 is 13.9 Å². The molecule has 1 aromatic rings. The molecular formula is C15H23O3Si. The van der Waals surface area contributed by atoms with Gasteiger partial charge < -0.3 is 13.9 Å². The Balaban J connectivity index is 3.03. The molecule has 0 bridgehead atoms. The zero-order valence-electron chi connectivity index (χ0n) is 12.6. The van der Waals surface area contributed by atoms with Gasteiger partial charge >= 0.3 is 0 Å². The first-order valence-electron chi connectivity index (χ1n) is 6.40. The first kappa shape index (κ1) is 16.2. The molecule has 0 heterocycles. The van der Waals surface area contributed by atoms with Gasteiger partial charge in [0.05, 0.1) is 5.60 Å².